The van der Waals surface area contributed by atoms with Crippen molar-refractivity contribution in [2.24, 2.45) is 5.10 Å². The van der Waals surface area contributed by atoms with Crippen LogP contribution in [0.5, 0.6) is 0 Å². The number of carbonyl (C=O) groups excluding carboxylic acids is 2. The molecule has 8 nitrogen and oxygen atoms in total. The molecule has 0 radical (unpaired) electrons. The van der Waals surface area contributed by atoms with E-state index >= 15 is 0 Å². The third kappa shape index (κ3) is 3.47. The van der Waals surface area contributed by atoms with Gasteiger partial charge in [-0.25, -0.2) is 9.69 Å². The summed E-state index contributed by atoms with van der Waals surface area (Å²) in [6.45, 7) is 1.07. The molecule has 3 aliphatic heterocycles. The second kappa shape index (κ2) is 8.22. The highest BCUT2D eigenvalue weighted by Gasteiger charge is 2.55. The Balaban J connectivity index is 1.47. The monoisotopic (exact) mass is 430 g/mol. The molecule has 2 fully saturated rings. The summed E-state index contributed by atoms with van der Waals surface area (Å²) < 4.78 is 0. The molecule has 0 saturated carbocycles. The van der Waals surface area contributed by atoms with Crippen LogP contribution in [0.25, 0.3) is 6.08 Å². The maximum atomic E-state index is 13.1. The molecule has 164 valence electrons. The fourth-order valence-electron chi connectivity index (χ4n) is 4.56. The highest BCUT2D eigenvalue weighted by atomic mass is 16.2. The van der Waals surface area contributed by atoms with Crippen LogP contribution in [0, 0.1) is 0 Å². The van der Waals surface area contributed by atoms with Gasteiger partial charge >= 0.3 is 6.03 Å². The molecule has 1 N–H and O–H groups in total. The van der Waals surface area contributed by atoms with Crippen molar-refractivity contribution in [2.75, 3.05) is 27.2 Å². The SMILES string of the molecule is CN1C(=O)C2C(NC3N(C/C=C/c4ccccc4)N=C(c4ccccc4)CN23)N(C)C1=O. The Bertz CT molecular complexity index is 1070. The number of hydrazone groups is 1. The molecular weight excluding hydrogens is 404 g/mol. The van der Waals surface area contributed by atoms with Crippen molar-refractivity contribution < 1.29 is 9.59 Å². The molecule has 3 atom stereocenters. The van der Waals surface area contributed by atoms with E-state index in [9.17, 15) is 9.59 Å². The van der Waals surface area contributed by atoms with Gasteiger partial charge in [-0.1, -0.05) is 72.8 Å². The molecule has 0 aromatic heterocycles. The highest BCUT2D eigenvalue weighted by molar-refractivity contribution is 6.04. The van der Waals surface area contributed by atoms with Crippen molar-refractivity contribution in [2.45, 2.75) is 18.5 Å². The Hall–Kier alpha value is -3.49. The van der Waals surface area contributed by atoms with Gasteiger partial charge in [-0.05, 0) is 11.1 Å². The third-order valence-corrected chi connectivity index (χ3v) is 6.25. The first-order valence-electron chi connectivity index (χ1n) is 10.7. The van der Waals surface area contributed by atoms with Crippen molar-refractivity contribution in [3.63, 3.8) is 0 Å². The lowest BCUT2D eigenvalue weighted by molar-refractivity contribution is -0.137. The largest absolute Gasteiger partial charge is 0.327 e. The predicted molar refractivity (Wildman–Crippen MR) is 122 cm³/mol. The molecule has 3 unspecified atom stereocenters. The van der Waals surface area contributed by atoms with Crippen LogP contribution in [0.3, 0.4) is 0 Å². The minimum Gasteiger partial charge on any atom is -0.310 e. The molecule has 3 heterocycles. The molecule has 0 bridgehead atoms. The Morgan fingerprint density at radius 2 is 1.72 bits per heavy atom. The fourth-order valence-corrected chi connectivity index (χ4v) is 4.56. The number of hydrogen-bond donors (Lipinski definition) is 1. The molecule has 2 aromatic rings. The average Bonchev–Trinajstić information content (AvgIpc) is 3.22. The Kier molecular flexibility index (Phi) is 5.24. The van der Waals surface area contributed by atoms with Crippen LogP contribution in [0.4, 0.5) is 4.79 Å². The van der Waals surface area contributed by atoms with Gasteiger partial charge in [0.2, 0.25) is 0 Å². The van der Waals surface area contributed by atoms with E-state index in [1.807, 2.05) is 53.5 Å². The number of amides is 3. The van der Waals surface area contributed by atoms with Crippen LogP contribution in [0.1, 0.15) is 11.1 Å². The molecule has 3 amide bonds. The second-order valence-corrected chi connectivity index (χ2v) is 8.24. The number of rotatable bonds is 4. The number of urea groups is 1. The zero-order valence-electron chi connectivity index (χ0n) is 18.1. The summed E-state index contributed by atoms with van der Waals surface area (Å²) in [7, 11) is 3.27. The zero-order chi connectivity index (χ0) is 22.2. The molecule has 5 rings (SSSR count). The number of imide groups is 1. The van der Waals surface area contributed by atoms with E-state index in [4.69, 9.17) is 5.10 Å². The van der Waals surface area contributed by atoms with Crippen molar-refractivity contribution >= 4 is 23.7 Å². The second-order valence-electron chi connectivity index (χ2n) is 8.24. The van der Waals surface area contributed by atoms with Crippen LogP contribution in [0.15, 0.2) is 71.8 Å². The van der Waals surface area contributed by atoms with Gasteiger partial charge in [-0.2, -0.15) is 5.10 Å². The number of nitrogens with one attached hydrogen (secondary N) is 1. The summed E-state index contributed by atoms with van der Waals surface area (Å²) in [5.74, 6) is -0.192. The summed E-state index contributed by atoms with van der Waals surface area (Å²) in [6, 6.07) is 19.3. The molecular formula is C24H26N6O2. The van der Waals surface area contributed by atoms with E-state index in [0.29, 0.717) is 13.1 Å². The Morgan fingerprint density at radius 3 is 2.44 bits per heavy atom. The average molecular weight is 431 g/mol. The van der Waals surface area contributed by atoms with Gasteiger partial charge in [-0.15, -0.1) is 0 Å². The third-order valence-electron chi connectivity index (χ3n) is 6.25. The summed E-state index contributed by atoms with van der Waals surface area (Å²) in [4.78, 5) is 30.5. The van der Waals surface area contributed by atoms with E-state index in [1.54, 1.807) is 19.0 Å². The van der Waals surface area contributed by atoms with Crippen molar-refractivity contribution in [3.05, 3.63) is 77.9 Å². The predicted octanol–water partition coefficient (Wildman–Crippen LogP) is 1.83. The van der Waals surface area contributed by atoms with Gasteiger partial charge in [0.15, 0.2) is 6.29 Å². The number of benzene rings is 2. The van der Waals surface area contributed by atoms with Gasteiger partial charge in [0, 0.05) is 20.6 Å². The zero-order valence-corrected chi connectivity index (χ0v) is 18.1. The molecule has 32 heavy (non-hydrogen) atoms. The molecule has 2 saturated heterocycles. The highest BCUT2D eigenvalue weighted by Crippen LogP contribution is 2.30. The molecule has 8 heteroatoms. The van der Waals surface area contributed by atoms with E-state index in [-0.39, 0.29) is 18.2 Å². The number of likely N-dealkylation sites (N-methyl/N-ethyl adjacent to an activating group) is 2. The lowest BCUT2D eigenvalue weighted by Gasteiger charge is -2.41. The first kappa shape index (κ1) is 20.4. The molecule has 3 aliphatic rings. The quantitative estimate of drug-likeness (QED) is 0.801. The smallest absolute Gasteiger partial charge is 0.310 e. The van der Waals surface area contributed by atoms with Crippen molar-refractivity contribution in [3.8, 4) is 0 Å². The van der Waals surface area contributed by atoms with Crippen LogP contribution < -0.4 is 5.32 Å². The maximum Gasteiger partial charge on any atom is 0.327 e. The minimum absolute atomic E-state index is 0.192. The minimum atomic E-state index is -0.470. The fraction of sp³-hybridized carbons (Fsp3) is 0.292. The standard InChI is InChI=1S/C24H26N6O2/c1-27-21-20(22(31)28(2)24(27)32)29-16-19(18-13-7-4-8-14-18)26-30(23(29)25-21)15-9-12-17-10-5-3-6-11-17/h3-14,20-21,23,25H,15-16H2,1-2H3/b12-9+. The van der Waals surface area contributed by atoms with Gasteiger partial charge in [0.25, 0.3) is 5.91 Å². The summed E-state index contributed by atoms with van der Waals surface area (Å²) in [5, 5.41) is 10.4. The topological polar surface area (TPSA) is 71.5 Å². The van der Waals surface area contributed by atoms with E-state index in [2.05, 4.69) is 34.5 Å². The molecule has 0 spiro atoms. The summed E-state index contributed by atoms with van der Waals surface area (Å²) in [6.07, 6.45) is 3.44. The first-order valence-corrected chi connectivity index (χ1v) is 10.7. The van der Waals surface area contributed by atoms with Crippen LogP contribution in [-0.4, -0.2) is 83.0 Å². The Labute approximate surface area is 187 Å². The van der Waals surface area contributed by atoms with Crippen LogP contribution >= 0.6 is 0 Å². The maximum absolute atomic E-state index is 13.1. The normalized spacial score (nSPS) is 25.9. The number of hydrogen-bond acceptors (Lipinski definition) is 6. The van der Waals surface area contributed by atoms with E-state index in [1.165, 1.54) is 4.90 Å². The van der Waals surface area contributed by atoms with E-state index in [0.717, 1.165) is 16.8 Å². The first-order chi connectivity index (χ1) is 15.5. The lowest BCUT2D eigenvalue weighted by Crippen LogP contribution is -2.65. The number of fused-ring (bicyclic) bond motifs is 3. The van der Waals surface area contributed by atoms with Gasteiger partial charge in [0.1, 0.15) is 12.2 Å². The van der Waals surface area contributed by atoms with Crippen molar-refractivity contribution in [1.82, 2.24) is 25.0 Å². The number of carbonyl (C=O) groups is 2. The molecule has 0 aliphatic carbocycles. The van der Waals surface area contributed by atoms with Crippen LogP contribution in [-0.2, 0) is 4.79 Å². The van der Waals surface area contributed by atoms with Crippen LogP contribution in [0.2, 0.25) is 0 Å². The van der Waals surface area contributed by atoms with E-state index < -0.39 is 12.2 Å². The van der Waals surface area contributed by atoms with Crippen molar-refractivity contribution in [1.29, 1.82) is 0 Å². The summed E-state index contributed by atoms with van der Waals surface area (Å²) in [5.41, 5.74) is 3.03. The van der Waals surface area contributed by atoms with Gasteiger partial charge in [-0.3, -0.25) is 20.0 Å². The summed E-state index contributed by atoms with van der Waals surface area (Å²) >= 11 is 0. The van der Waals surface area contributed by atoms with Gasteiger partial charge in [0.05, 0.1) is 12.3 Å². The Morgan fingerprint density at radius 1 is 1.03 bits per heavy atom. The molecule has 2 aromatic carbocycles. The number of nitrogens with zero attached hydrogens (tertiary/aromatic N) is 5. The lowest BCUT2D eigenvalue weighted by atomic mass is 10.1. The van der Waals surface area contributed by atoms with Gasteiger partial charge < -0.3 is 4.90 Å².